The van der Waals surface area contributed by atoms with E-state index in [1.54, 1.807) is 0 Å². The molecule has 0 radical (unpaired) electrons. The molecule has 1 saturated heterocycles. The lowest BCUT2D eigenvalue weighted by Crippen LogP contribution is -2.28. The molecule has 4 atom stereocenters. The Hall–Kier alpha value is -2.09. The number of rotatable bonds is 3. The standard InChI is InChI=1S/C25H30O3Si/c1-7-15-11-14(3)12-16(8-2)19(15)21-23(26)20-18-13-17(9-10-29(4,5)6)25(28-18)22(20)24(21)27/h11-13,18,20,22,25,27H,7-8H2,1-6H3/t18-,20-,22+,25+/m0/s1. The first-order valence-corrected chi connectivity index (χ1v) is 14.2. The third-order valence-electron chi connectivity index (χ3n) is 6.18. The highest BCUT2D eigenvalue weighted by atomic mass is 28.3. The van der Waals surface area contributed by atoms with Crippen molar-refractivity contribution >= 4 is 19.4 Å². The molecule has 29 heavy (non-hydrogen) atoms. The molecule has 0 spiro atoms. The number of ketones is 1. The van der Waals surface area contributed by atoms with E-state index in [4.69, 9.17) is 4.74 Å². The van der Waals surface area contributed by atoms with Crippen molar-refractivity contribution < 1.29 is 14.6 Å². The number of aliphatic hydroxyl groups excluding tert-OH is 1. The first kappa shape index (κ1) is 20.2. The van der Waals surface area contributed by atoms with Gasteiger partial charge in [0.05, 0.1) is 23.5 Å². The van der Waals surface area contributed by atoms with Crippen LogP contribution in [0.25, 0.3) is 5.57 Å². The molecule has 0 aromatic heterocycles. The molecule has 0 unspecified atom stereocenters. The Kier molecular flexibility index (Phi) is 4.88. The number of Topliss-reactive ketones (excluding diaryl/α,β-unsaturated/α-hetero) is 1. The van der Waals surface area contributed by atoms with E-state index in [1.165, 1.54) is 5.56 Å². The number of hydrogen-bond donors (Lipinski definition) is 1. The van der Waals surface area contributed by atoms with Gasteiger partial charge in [0.1, 0.15) is 19.9 Å². The van der Waals surface area contributed by atoms with Crippen molar-refractivity contribution in [2.75, 3.05) is 0 Å². The zero-order valence-corrected chi connectivity index (χ0v) is 19.2. The van der Waals surface area contributed by atoms with E-state index < -0.39 is 8.07 Å². The zero-order valence-electron chi connectivity index (χ0n) is 18.2. The van der Waals surface area contributed by atoms with Gasteiger partial charge in [-0.2, -0.15) is 0 Å². The Labute approximate surface area is 174 Å². The Bertz CT molecular complexity index is 988. The predicted octanol–water partition coefficient (Wildman–Crippen LogP) is 4.79. The largest absolute Gasteiger partial charge is 0.511 e. The smallest absolute Gasteiger partial charge is 0.173 e. The van der Waals surface area contributed by atoms with Crippen LogP contribution in [0, 0.1) is 30.2 Å². The molecule has 1 aliphatic carbocycles. The SMILES string of the molecule is CCc1cc(C)cc(CC)c1C1=C(O)[C@H]2[C@@H](C1=O)[C@@H]1C=C(C#C[Si](C)(C)C)[C@H]2O1. The molecular formula is C25H30O3Si. The number of ether oxygens (including phenoxy) is 1. The Morgan fingerprint density at radius 2 is 1.72 bits per heavy atom. The average Bonchev–Trinajstić information content (AvgIpc) is 3.30. The summed E-state index contributed by atoms with van der Waals surface area (Å²) in [6.45, 7) is 12.9. The Morgan fingerprint density at radius 3 is 2.28 bits per heavy atom. The van der Waals surface area contributed by atoms with Crippen molar-refractivity contribution in [2.24, 2.45) is 11.8 Å². The van der Waals surface area contributed by atoms with Crippen molar-refractivity contribution in [3.63, 3.8) is 0 Å². The summed E-state index contributed by atoms with van der Waals surface area (Å²) in [7, 11) is -1.51. The average molecular weight is 407 g/mol. The van der Waals surface area contributed by atoms with Crippen molar-refractivity contribution in [3.05, 3.63) is 51.8 Å². The van der Waals surface area contributed by atoms with Crippen molar-refractivity contribution in [1.82, 2.24) is 0 Å². The van der Waals surface area contributed by atoms with E-state index in [2.05, 4.69) is 64.0 Å². The van der Waals surface area contributed by atoms with E-state index >= 15 is 0 Å². The monoisotopic (exact) mass is 406 g/mol. The van der Waals surface area contributed by atoms with E-state index in [9.17, 15) is 9.90 Å². The van der Waals surface area contributed by atoms with Gasteiger partial charge < -0.3 is 9.84 Å². The van der Waals surface area contributed by atoms with E-state index in [0.717, 1.165) is 35.1 Å². The lowest BCUT2D eigenvalue weighted by atomic mass is 9.80. The maximum atomic E-state index is 13.5. The number of hydrogen-bond acceptors (Lipinski definition) is 3. The zero-order chi connectivity index (χ0) is 21.1. The molecule has 1 aromatic carbocycles. The second-order valence-electron chi connectivity index (χ2n) is 9.48. The highest BCUT2D eigenvalue weighted by Crippen LogP contribution is 2.53. The summed E-state index contributed by atoms with van der Waals surface area (Å²) in [6, 6.07) is 4.29. The third kappa shape index (κ3) is 3.21. The molecule has 2 aliphatic heterocycles. The molecule has 3 nitrogen and oxygen atoms in total. The number of benzene rings is 1. The van der Waals surface area contributed by atoms with Gasteiger partial charge in [-0.05, 0) is 42.5 Å². The van der Waals surface area contributed by atoms with Gasteiger partial charge in [0, 0.05) is 5.57 Å². The summed E-state index contributed by atoms with van der Waals surface area (Å²) in [5.74, 6) is 2.94. The summed E-state index contributed by atoms with van der Waals surface area (Å²) in [6.07, 6.45) is 3.11. The minimum absolute atomic E-state index is 0.0294. The predicted molar refractivity (Wildman–Crippen MR) is 119 cm³/mol. The molecule has 2 heterocycles. The van der Waals surface area contributed by atoms with Crippen molar-refractivity contribution in [3.8, 4) is 11.5 Å². The summed E-state index contributed by atoms with van der Waals surface area (Å²) >= 11 is 0. The van der Waals surface area contributed by atoms with Crippen LogP contribution in [0.2, 0.25) is 19.6 Å². The molecule has 3 aliphatic rings. The maximum absolute atomic E-state index is 13.5. The number of aryl methyl sites for hydroxylation is 3. The van der Waals surface area contributed by atoms with Crippen LogP contribution in [0.3, 0.4) is 0 Å². The summed E-state index contributed by atoms with van der Waals surface area (Å²) in [5, 5.41) is 11.3. The van der Waals surface area contributed by atoms with Crippen LogP contribution in [-0.4, -0.2) is 31.2 Å². The van der Waals surface area contributed by atoms with Crippen LogP contribution < -0.4 is 0 Å². The fourth-order valence-electron chi connectivity index (χ4n) is 4.94. The minimum atomic E-state index is -1.51. The Morgan fingerprint density at radius 1 is 1.10 bits per heavy atom. The van der Waals surface area contributed by atoms with Gasteiger partial charge in [-0.15, -0.1) is 5.54 Å². The number of carbonyl (C=O) groups is 1. The number of carbonyl (C=O) groups excluding carboxylic acids is 1. The van der Waals surface area contributed by atoms with E-state index in [0.29, 0.717) is 5.57 Å². The second-order valence-corrected chi connectivity index (χ2v) is 14.2. The molecule has 2 bridgehead atoms. The van der Waals surface area contributed by atoms with Gasteiger partial charge >= 0.3 is 0 Å². The van der Waals surface area contributed by atoms with Crippen LogP contribution in [0.1, 0.15) is 36.1 Å². The fourth-order valence-corrected chi connectivity index (χ4v) is 5.46. The lowest BCUT2D eigenvalue weighted by Gasteiger charge is -2.19. The topological polar surface area (TPSA) is 46.5 Å². The first-order chi connectivity index (χ1) is 13.7. The fraction of sp³-hybridized carbons (Fsp3) is 0.480. The molecule has 1 aromatic rings. The van der Waals surface area contributed by atoms with Gasteiger partial charge in [0.25, 0.3) is 0 Å². The van der Waals surface area contributed by atoms with Crippen LogP contribution in [-0.2, 0) is 22.4 Å². The third-order valence-corrected chi connectivity index (χ3v) is 7.06. The minimum Gasteiger partial charge on any atom is -0.511 e. The summed E-state index contributed by atoms with van der Waals surface area (Å²) in [5.41, 5.74) is 9.28. The molecule has 4 rings (SSSR count). The van der Waals surface area contributed by atoms with Crippen LogP contribution >= 0.6 is 0 Å². The number of aliphatic hydroxyl groups is 1. The maximum Gasteiger partial charge on any atom is 0.173 e. The van der Waals surface area contributed by atoms with Crippen LogP contribution in [0.5, 0.6) is 0 Å². The lowest BCUT2D eigenvalue weighted by molar-refractivity contribution is -0.118. The molecule has 4 heteroatoms. The number of fused-ring (bicyclic) bond motifs is 5. The summed E-state index contributed by atoms with van der Waals surface area (Å²) in [4.78, 5) is 13.5. The quantitative estimate of drug-likeness (QED) is 0.580. The molecular weight excluding hydrogens is 376 g/mol. The highest BCUT2D eigenvalue weighted by molar-refractivity contribution is 6.83. The number of allylic oxidation sites excluding steroid dienone is 1. The van der Waals surface area contributed by atoms with Gasteiger partial charge in [-0.3, -0.25) is 4.79 Å². The second kappa shape index (κ2) is 7.00. The van der Waals surface area contributed by atoms with Crippen molar-refractivity contribution in [1.29, 1.82) is 0 Å². The molecule has 0 saturated carbocycles. The molecule has 1 N–H and O–H groups in total. The van der Waals surface area contributed by atoms with Crippen molar-refractivity contribution in [2.45, 2.75) is 65.5 Å². The Balaban J connectivity index is 1.80. The molecule has 0 amide bonds. The van der Waals surface area contributed by atoms with Gasteiger partial charge in [0.15, 0.2) is 5.78 Å². The van der Waals surface area contributed by atoms with Gasteiger partial charge in [-0.25, -0.2) is 0 Å². The normalized spacial score (nSPS) is 27.8. The van der Waals surface area contributed by atoms with E-state index in [1.807, 2.05) is 6.08 Å². The summed E-state index contributed by atoms with van der Waals surface area (Å²) < 4.78 is 6.08. The van der Waals surface area contributed by atoms with Crippen LogP contribution in [0.15, 0.2) is 29.5 Å². The molecule has 1 fully saturated rings. The van der Waals surface area contributed by atoms with Gasteiger partial charge in [-0.1, -0.05) is 57.1 Å². The highest BCUT2D eigenvalue weighted by Gasteiger charge is 2.59. The van der Waals surface area contributed by atoms with Gasteiger partial charge in [0.2, 0.25) is 0 Å². The first-order valence-electron chi connectivity index (χ1n) is 10.7. The molecule has 152 valence electrons. The van der Waals surface area contributed by atoms with E-state index in [-0.39, 0.29) is 35.6 Å². The van der Waals surface area contributed by atoms with Crippen LogP contribution in [0.4, 0.5) is 0 Å².